The summed E-state index contributed by atoms with van der Waals surface area (Å²) in [6, 6.07) is 10.5. The Morgan fingerprint density at radius 1 is 1.25 bits per heavy atom. The van der Waals surface area contributed by atoms with Gasteiger partial charge in [0.2, 0.25) is 5.91 Å². The molecule has 0 unspecified atom stereocenters. The molecule has 0 saturated carbocycles. The summed E-state index contributed by atoms with van der Waals surface area (Å²) in [5, 5.41) is 1.13. The van der Waals surface area contributed by atoms with E-state index in [1.165, 1.54) is 28.3 Å². The first-order chi connectivity index (χ1) is 15.4. The standard InChI is InChI=1S/C26H24BrN3O2/c1-3-25(32)30-12-17(13-30)8-20(31)14-29-15-23(21-9-19(27)6-7-24(21)29)26-16(2)4-5-18-10-28-11-22(18)26/h3-7,9-10,15,17H,1,8,11-14H2,2H3. The summed E-state index contributed by atoms with van der Waals surface area (Å²) >= 11 is 3.61. The maximum absolute atomic E-state index is 12.9. The monoisotopic (exact) mass is 489 g/mol. The first-order valence-corrected chi connectivity index (χ1v) is 11.6. The number of aliphatic imine (C=N–C) groups is 1. The van der Waals surface area contributed by atoms with Crippen LogP contribution in [0, 0.1) is 12.8 Å². The number of nitrogens with zero attached hydrogens (tertiary/aromatic N) is 3. The van der Waals surface area contributed by atoms with E-state index in [-0.39, 0.29) is 17.6 Å². The highest BCUT2D eigenvalue weighted by Crippen LogP contribution is 2.38. The van der Waals surface area contributed by atoms with Gasteiger partial charge < -0.3 is 9.47 Å². The zero-order valence-corrected chi connectivity index (χ0v) is 19.6. The molecular formula is C26H24BrN3O2. The zero-order valence-electron chi connectivity index (χ0n) is 18.0. The molecule has 0 radical (unpaired) electrons. The molecule has 0 bridgehead atoms. The summed E-state index contributed by atoms with van der Waals surface area (Å²) in [7, 11) is 0. The number of carbonyl (C=O) groups is 2. The maximum Gasteiger partial charge on any atom is 0.245 e. The Bertz CT molecular complexity index is 1300. The number of aryl methyl sites for hydroxylation is 1. The number of halogens is 1. The highest BCUT2D eigenvalue weighted by Gasteiger charge is 2.31. The van der Waals surface area contributed by atoms with Gasteiger partial charge in [-0.05, 0) is 53.5 Å². The summed E-state index contributed by atoms with van der Waals surface area (Å²) in [6.07, 6.45) is 5.87. The summed E-state index contributed by atoms with van der Waals surface area (Å²) < 4.78 is 3.08. The van der Waals surface area contributed by atoms with Gasteiger partial charge in [-0.2, -0.15) is 0 Å². The molecule has 0 aliphatic carbocycles. The molecule has 2 aromatic carbocycles. The van der Waals surface area contributed by atoms with E-state index in [0.717, 1.165) is 20.9 Å². The number of likely N-dealkylation sites (tertiary alicyclic amines) is 1. The third-order valence-corrected chi connectivity index (χ3v) is 6.95. The van der Waals surface area contributed by atoms with Crippen LogP contribution in [0.5, 0.6) is 0 Å². The Kier molecular flexibility index (Phi) is 5.33. The molecule has 6 heteroatoms. The van der Waals surface area contributed by atoms with E-state index in [0.29, 0.717) is 32.6 Å². The Labute approximate surface area is 195 Å². The minimum absolute atomic E-state index is 0.0601. The first kappa shape index (κ1) is 20.9. The van der Waals surface area contributed by atoms with Crippen LogP contribution in [0.4, 0.5) is 0 Å². The van der Waals surface area contributed by atoms with Gasteiger partial charge in [0.1, 0.15) is 0 Å². The predicted molar refractivity (Wildman–Crippen MR) is 131 cm³/mol. The van der Waals surface area contributed by atoms with E-state index in [1.54, 1.807) is 4.90 Å². The molecule has 3 aromatic rings. The first-order valence-electron chi connectivity index (χ1n) is 10.8. The van der Waals surface area contributed by atoms with Crippen molar-refractivity contribution in [1.82, 2.24) is 9.47 Å². The van der Waals surface area contributed by atoms with Crippen LogP contribution in [0.15, 0.2) is 58.6 Å². The minimum atomic E-state index is -0.0601. The molecule has 1 amide bonds. The third kappa shape index (κ3) is 3.62. The van der Waals surface area contributed by atoms with Crippen LogP contribution in [0.25, 0.3) is 22.0 Å². The normalized spacial score (nSPS) is 15.1. The van der Waals surface area contributed by atoms with Gasteiger partial charge in [-0.3, -0.25) is 14.6 Å². The second-order valence-corrected chi connectivity index (χ2v) is 9.60. The number of aromatic nitrogens is 1. The van der Waals surface area contributed by atoms with Crippen molar-refractivity contribution < 1.29 is 9.59 Å². The lowest BCUT2D eigenvalue weighted by Crippen LogP contribution is -2.50. The Morgan fingerprint density at radius 2 is 2.06 bits per heavy atom. The molecular weight excluding hydrogens is 466 g/mol. The van der Waals surface area contributed by atoms with Gasteiger partial charge in [-0.1, -0.05) is 34.6 Å². The molecule has 2 aliphatic rings. The average Bonchev–Trinajstić information content (AvgIpc) is 3.34. The summed E-state index contributed by atoms with van der Waals surface area (Å²) in [4.78, 5) is 30.7. The Balaban J connectivity index is 1.45. The average molecular weight is 490 g/mol. The molecule has 1 fully saturated rings. The van der Waals surface area contributed by atoms with Gasteiger partial charge in [0.05, 0.1) is 13.1 Å². The van der Waals surface area contributed by atoms with Gasteiger partial charge in [0, 0.05) is 58.8 Å². The fraction of sp³-hybridized carbons (Fsp3) is 0.269. The number of carbonyl (C=O) groups excluding carboxylic acids is 2. The summed E-state index contributed by atoms with van der Waals surface area (Å²) in [5.41, 5.74) is 7.02. The maximum atomic E-state index is 12.9. The van der Waals surface area contributed by atoms with E-state index in [4.69, 9.17) is 0 Å². The molecule has 32 heavy (non-hydrogen) atoms. The second-order valence-electron chi connectivity index (χ2n) is 8.68. The molecule has 0 atom stereocenters. The van der Waals surface area contributed by atoms with Gasteiger partial charge in [0.15, 0.2) is 5.78 Å². The number of Topliss-reactive ketones (excluding diaryl/α,β-unsaturated/α-hetero) is 1. The molecule has 1 saturated heterocycles. The number of hydrogen-bond acceptors (Lipinski definition) is 3. The second kappa shape index (κ2) is 8.17. The number of amides is 1. The number of rotatable bonds is 6. The SMILES string of the molecule is C=CC(=O)N1CC(CC(=O)Cn2cc(-c3c(C)ccc4c3CN=C4)c3cc(Br)ccc32)C1. The van der Waals surface area contributed by atoms with Crippen molar-refractivity contribution in [3.63, 3.8) is 0 Å². The van der Waals surface area contributed by atoms with Gasteiger partial charge in [-0.15, -0.1) is 0 Å². The van der Waals surface area contributed by atoms with E-state index in [1.807, 2.05) is 12.3 Å². The Morgan fingerprint density at radius 3 is 2.84 bits per heavy atom. The Hall–Kier alpha value is -2.99. The molecule has 3 heterocycles. The molecule has 2 aliphatic heterocycles. The lowest BCUT2D eigenvalue weighted by Gasteiger charge is -2.38. The molecule has 0 N–H and O–H groups in total. The molecule has 5 rings (SSSR count). The van der Waals surface area contributed by atoms with Crippen LogP contribution < -0.4 is 0 Å². The quantitative estimate of drug-likeness (QED) is 0.461. The van der Waals surface area contributed by atoms with Crippen LogP contribution in [-0.2, 0) is 22.7 Å². The number of benzene rings is 2. The van der Waals surface area contributed by atoms with E-state index in [9.17, 15) is 9.59 Å². The fourth-order valence-electron chi connectivity index (χ4n) is 4.87. The molecule has 5 nitrogen and oxygen atoms in total. The van der Waals surface area contributed by atoms with Crippen LogP contribution in [0.3, 0.4) is 0 Å². The fourth-order valence-corrected chi connectivity index (χ4v) is 5.23. The number of ketones is 1. The van der Waals surface area contributed by atoms with Crippen molar-refractivity contribution in [2.45, 2.75) is 26.4 Å². The van der Waals surface area contributed by atoms with E-state index >= 15 is 0 Å². The van der Waals surface area contributed by atoms with Crippen molar-refractivity contribution in [2.75, 3.05) is 13.1 Å². The summed E-state index contributed by atoms with van der Waals surface area (Å²) in [6.45, 7) is 7.94. The minimum Gasteiger partial charge on any atom is -0.339 e. The summed E-state index contributed by atoms with van der Waals surface area (Å²) in [5.74, 6) is 0.360. The number of fused-ring (bicyclic) bond motifs is 2. The smallest absolute Gasteiger partial charge is 0.245 e. The van der Waals surface area contributed by atoms with Gasteiger partial charge in [-0.25, -0.2) is 0 Å². The van der Waals surface area contributed by atoms with Crippen molar-refractivity contribution >= 4 is 44.7 Å². The van der Waals surface area contributed by atoms with Gasteiger partial charge >= 0.3 is 0 Å². The van der Waals surface area contributed by atoms with Crippen molar-refractivity contribution in [3.05, 3.63) is 70.3 Å². The van der Waals surface area contributed by atoms with Crippen LogP contribution in [0.2, 0.25) is 0 Å². The van der Waals surface area contributed by atoms with Crippen molar-refractivity contribution in [3.8, 4) is 11.1 Å². The zero-order chi connectivity index (χ0) is 22.4. The molecule has 162 valence electrons. The highest BCUT2D eigenvalue weighted by molar-refractivity contribution is 9.10. The van der Waals surface area contributed by atoms with Crippen molar-refractivity contribution in [1.29, 1.82) is 0 Å². The van der Waals surface area contributed by atoms with Crippen LogP contribution in [-0.4, -0.2) is 40.5 Å². The molecule has 1 aromatic heterocycles. The highest BCUT2D eigenvalue weighted by atomic mass is 79.9. The lowest BCUT2D eigenvalue weighted by atomic mass is 9.92. The van der Waals surface area contributed by atoms with E-state index in [2.05, 4.69) is 69.5 Å². The van der Waals surface area contributed by atoms with Crippen LogP contribution >= 0.6 is 15.9 Å². The van der Waals surface area contributed by atoms with Gasteiger partial charge in [0.25, 0.3) is 0 Å². The molecule has 0 spiro atoms. The largest absolute Gasteiger partial charge is 0.339 e. The lowest BCUT2D eigenvalue weighted by molar-refractivity contribution is -0.134. The third-order valence-electron chi connectivity index (χ3n) is 6.46. The topological polar surface area (TPSA) is 54.7 Å². The van der Waals surface area contributed by atoms with Crippen molar-refractivity contribution in [2.24, 2.45) is 10.9 Å². The number of hydrogen-bond donors (Lipinski definition) is 0. The predicted octanol–water partition coefficient (Wildman–Crippen LogP) is 4.92. The van der Waals surface area contributed by atoms with E-state index < -0.39 is 0 Å². The van der Waals surface area contributed by atoms with Crippen LogP contribution in [0.1, 0.15) is 23.1 Å².